The number of nitrogens with one attached hydrogen (secondary N) is 2. The number of esters is 1. The zero-order valence-electron chi connectivity index (χ0n) is 19.4. The van der Waals surface area contributed by atoms with Crippen LogP contribution in [0.25, 0.3) is 17.1 Å². The van der Waals surface area contributed by atoms with Gasteiger partial charge in [0.25, 0.3) is 0 Å². The monoisotopic (exact) mass is 453 g/mol. The number of carbonyl (C=O) groups excluding carboxylic acids is 2. The second kappa shape index (κ2) is 10.2. The van der Waals surface area contributed by atoms with Crippen molar-refractivity contribution in [1.29, 1.82) is 0 Å². The van der Waals surface area contributed by atoms with Crippen LogP contribution in [0.2, 0.25) is 0 Å². The van der Waals surface area contributed by atoms with Crippen molar-refractivity contribution in [1.82, 2.24) is 25.1 Å². The summed E-state index contributed by atoms with van der Waals surface area (Å²) in [6.07, 6.45) is 6.98. The number of hydrogen-bond acceptors (Lipinski definition) is 8. The predicted octanol–water partition coefficient (Wildman–Crippen LogP) is 1.89. The Morgan fingerprint density at radius 3 is 2.94 bits per heavy atom. The number of ketones is 1. The molecule has 0 amide bonds. The summed E-state index contributed by atoms with van der Waals surface area (Å²) in [7, 11) is 4.08. The number of fused-ring (bicyclic) bond motifs is 1. The van der Waals surface area contributed by atoms with Gasteiger partial charge in [-0.05, 0) is 52.1 Å². The molecule has 0 aromatic carbocycles. The minimum absolute atomic E-state index is 0.0250. The summed E-state index contributed by atoms with van der Waals surface area (Å²) in [6, 6.07) is 4.20. The average Bonchev–Trinajstić information content (AvgIpc) is 3.39. The number of allylic oxidation sites excluding steroid dienone is 1. The van der Waals surface area contributed by atoms with E-state index in [0.29, 0.717) is 25.0 Å². The highest BCUT2D eigenvalue weighted by Crippen LogP contribution is 2.33. The van der Waals surface area contributed by atoms with Crippen LogP contribution in [-0.4, -0.2) is 84.4 Å². The Bertz CT molecular complexity index is 1080. The fourth-order valence-electron chi connectivity index (χ4n) is 4.34. The Morgan fingerprint density at radius 1 is 1.42 bits per heavy atom. The van der Waals surface area contributed by atoms with E-state index in [1.54, 1.807) is 25.4 Å². The third-order valence-electron chi connectivity index (χ3n) is 6.21. The molecule has 33 heavy (non-hydrogen) atoms. The molecule has 176 valence electrons. The van der Waals surface area contributed by atoms with Crippen LogP contribution in [0.4, 0.5) is 0 Å². The van der Waals surface area contributed by atoms with Crippen LogP contribution < -0.4 is 5.32 Å². The van der Waals surface area contributed by atoms with Gasteiger partial charge < -0.3 is 29.6 Å². The number of hydrogen-bond donors (Lipinski definition) is 2. The van der Waals surface area contributed by atoms with Crippen molar-refractivity contribution in [2.75, 3.05) is 46.9 Å². The molecule has 4 heterocycles. The normalized spacial score (nSPS) is 18.6. The van der Waals surface area contributed by atoms with Gasteiger partial charge in [-0.3, -0.25) is 4.79 Å². The van der Waals surface area contributed by atoms with Gasteiger partial charge in [0.15, 0.2) is 11.3 Å². The molecule has 1 saturated heterocycles. The minimum atomic E-state index is -0.644. The summed E-state index contributed by atoms with van der Waals surface area (Å²) in [5.74, 6) is -0.672. The first-order chi connectivity index (χ1) is 16.0. The van der Waals surface area contributed by atoms with Gasteiger partial charge in [-0.1, -0.05) is 0 Å². The molecule has 0 unspecified atom stereocenters. The molecular weight excluding hydrogens is 422 g/mol. The van der Waals surface area contributed by atoms with Gasteiger partial charge in [-0.25, -0.2) is 9.78 Å². The second-order valence-corrected chi connectivity index (χ2v) is 8.29. The molecular formula is C24H31N5O4. The molecule has 2 aliphatic rings. The summed E-state index contributed by atoms with van der Waals surface area (Å²) >= 11 is 0. The number of rotatable bonds is 8. The molecule has 2 N–H and O–H groups in total. The summed E-state index contributed by atoms with van der Waals surface area (Å²) in [5.41, 5.74) is 1.47. The molecule has 4 rings (SSSR count). The van der Waals surface area contributed by atoms with Crippen molar-refractivity contribution in [2.24, 2.45) is 0 Å². The van der Waals surface area contributed by atoms with Crippen molar-refractivity contribution >= 4 is 28.9 Å². The smallest absolute Gasteiger partial charge is 0.347 e. The fourth-order valence-corrected chi connectivity index (χ4v) is 4.34. The number of aromatic amines is 1. The molecule has 1 fully saturated rings. The lowest BCUT2D eigenvalue weighted by Gasteiger charge is -2.37. The van der Waals surface area contributed by atoms with Crippen molar-refractivity contribution < 1.29 is 19.1 Å². The summed E-state index contributed by atoms with van der Waals surface area (Å²) < 4.78 is 11.2. The van der Waals surface area contributed by atoms with Crippen molar-refractivity contribution in [3.8, 4) is 0 Å². The molecule has 0 spiro atoms. The maximum Gasteiger partial charge on any atom is 0.347 e. The molecule has 2 aromatic rings. The number of nitrogens with zero attached hydrogens (tertiary/aromatic N) is 3. The lowest BCUT2D eigenvalue weighted by molar-refractivity contribution is -0.139. The van der Waals surface area contributed by atoms with Crippen LogP contribution in [0.1, 0.15) is 25.3 Å². The SMILES string of the molecule is CCOC(=O)C1=C(N2CCC(N(C)CCNC)CC2)O/C(=C\c2c[nH]c3ncccc23)C1=O. The molecule has 0 aliphatic carbocycles. The van der Waals surface area contributed by atoms with Crippen LogP contribution in [0.15, 0.2) is 41.7 Å². The van der Waals surface area contributed by atoms with Crippen LogP contribution in [0, 0.1) is 0 Å². The summed E-state index contributed by atoms with van der Waals surface area (Å²) in [6.45, 7) is 5.22. The van der Waals surface area contributed by atoms with Gasteiger partial charge in [0, 0.05) is 55.6 Å². The molecule has 2 aromatic heterocycles. The van der Waals surface area contributed by atoms with Crippen LogP contribution in [0.3, 0.4) is 0 Å². The number of piperidine rings is 1. The van der Waals surface area contributed by atoms with Gasteiger partial charge >= 0.3 is 5.97 Å². The largest absolute Gasteiger partial charge is 0.462 e. The number of H-pyrrole nitrogens is 1. The summed E-state index contributed by atoms with van der Waals surface area (Å²) in [4.78, 5) is 37.6. The molecule has 0 radical (unpaired) electrons. The van der Waals surface area contributed by atoms with E-state index in [4.69, 9.17) is 9.47 Å². The van der Waals surface area contributed by atoms with Crippen molar-refractivity contribution in [2.45, 2.75) is 25.8 Å². The van der Waals surface area contributed by atoms with Gasteiger partial charge in [0.1, 0.15) is 5.65 Å². The number of ether oxygens (including phenoxy) is 2. The molecule has 0 bridgehead atoms. The Balaban J connectivity index is 1.56. The Kier molecular flexibility index (Phi) is 7.10. The van der Waals surface area contributed by atoms with Gasteiger partial charge in [-0.2, -0.15) is 0 Å². The van der Waals surface area contributed by atoms with Crippen molar-refractivity contribution in [3.63, 3.8) is 0 Å². The first-order valence-electron chi connectivity index (χ1n) is 11.4. The molecule has 9 heteroatoms. The molecule has 2 aliphatic heterocycles. The number of aromatic nitrogens is 2. The van der Waals surface area contributed by atoms with Crippen molar-refractivity contribution in [3.05, 3.63) is 47.3 Å². The van der Waals surface area contributed by atoms with E-state index >= 15 is 0 Å². The number of carbonyl (C=O) groups is 2. The third kappa shape index (κ3) is 4.79. The first kappa shape index (κ1) is 23.0. The van der Waals surface area contributed by atoms with E-state index < -0.39 is 11.8 Å². The maximum atomic E-state index is 13.2. The third-order valence-corrected chi connectivity index (χ3v) is 6.21. The summed E-state index contributed by atoms with van der Waals surface area (Å²) in [5, 5.41) is 4.05. The lowest BCUT2D eigenvalue weighted by atomic mass is 10.0. The zero-order valence-corrected chi connectivity index (χ0v) is 19.4. The fraction of sp³-hybridized carbons (Fsp3) is 0.458. The highest BCUT2D eigenvalue weighted by atomic mass is 16.5. The average molecular weight is 454 g/mol. The van der Waals surface area contributed by atoms with Crippen LogP contribution >= 0.6 is 0 Å². The molecule has 9 nitrogen and oxygen atoms in total. The minimum Gasteiger partial charge on any atom is -0.462 e. The Hall–Kier alpha value is -3.17. The number of pyridine rings is 1. The highest BCUT2D eigenvalue weighted by molar-refractivity contribution is 6.26. The predicted molar refractivity (Wildman–Crippen MR) is 125 cm³/mol. The van der Waals surface area contributed by atoms with E-state index in [0.717, 1.165) is 42.5 Å². The molecule has 0 atom stereocenters. The standard InChI is InChI=1S/C24H31N5O4/c1-4-32-24(31)20-21(30)19(14-16-15-27-22-18(16)6-5-9-26-22)33-23(20)29-11-7-17(8-12-29)28(3)13-10-25-2/h5-6,9,14-15,17,25H,4,7-8,10-13H2,1-3H3,(H,26,27)/b19-14-. The second-order valence-electron chi connectivity index (χ2n) is 8.29. The number of Topliss-reactive ketones (excluding diaryl/α,β-unsaturated/α-hetero) is 1. The Morgan fingerprint density at radius 2 is 2.21 bits per heavy atom. The van der Waals surface area contributed by atoms with E-state index in [9.17, 15) is 9.59 Å². The van der Waals surface area contributed by atoms with E-state index in [2.05, 4.69) is 27.2 Å². The van der Waals surface area contributed by atoms with Gasteiger partial charge in [-0.15, -0.1) is 0 Å². The topological polar surface area (TPSA) is 99.8 Å². The molecule has 0 saturated carbocycles. The zero-order chi connectivity index (χ0) is 23.4. The van der Waals surface area contributed by atoms with Crippen LogP contribution in [-0.2, 0) is 19.1 Å². The van der Waals surface area contributed by atoms with Gasteiger partial charge in [0.05, 0.1) is 6.61 Å². The lowest BCUT2D eigenvalue weighted by Crippen LogP contribution is -2.45. The Labute approximate surface area is 193 Å². The van der Waals surface area contributed by atoms with Crippen LogP contribution in [0.5, 0.6) is 0 Å². The highest BCUT2D eigenvalue weighted by Gasteiger charge is 2.40. The van der Waals surface area contributed by atoms with E-state index in [-0.39, 0.29) is 17.9 Å². The first-order valence-corrected chi connectivity index (χ1v) is 11.4. The number of likely N-dealkylation sites (tertiary alicyclic amines) is 1. The van der Waals surface area contributed by atoms with E-state index in [1.807, 2.05) is 24.1 Å². The van der Waals surface area contributed by atoms with Gasteiger partial charge in [0.2, 0.25) is 11.7 Å². The number of likely N-dealkylation sites (N-methyl/N-ethyl adjacent to an activating group) is 2. The van der Waals surface area contributed by atoms with E-state index in [1.165, 1.54) is 0 Å². The maximum absolute atomic E-state index is 13.2. The quantitative estimate of drug-likeness (QED) is 0.355.